The Kier molecular flexibility index (Phi) is 6.46. The van der Waals surface area contributed by atoms with Crippen LogP contribution in [0, 0.1) is 5.92 Å². The van der Waals surface area contributed by atoms with Crippen molar-refractivity contribution in [2.24, 2.45) is 5.92 Å². The van der Waals surface area contributed by atoms with Gasteiger partial charge < -0.3 is 4.90 Å². The minimum absolute atomic E-state index is 0.113. The molecule has 5 rings (SSSR count). The number of fused-ring (bicyclic) bond motifs is 1. The highest BCUT2D eigenvalue weighted by Crippen LogP contribution is 2.29. The number of piperazine rings is 1. The number of rotatable bonds is 4. The van der Waals surface area contributed by atoms with Gasteiger partial charge >= 0.3 is 0 Å². The van der Waals surface area contributed by atoms with E-state index in [4.69, 9.17) is 0 Å². The number of aromatic nitrogens is 2. The Balaban J connectivity index is 1.24. The molecule has 174 valence electrons. The van der Waals surface area contributed by atoms with Gasteiger partial charge in [0.05, 0.1) is 17.6 Å². The molecule has 1 saturated carbocycles. The standard InChI is InChI=1S/C22H31N5O3S2/c28-22(26-14-12-25(13-15-26)18-7-2-1-3-8-18)17-6-5-11-27(16-17)32(29,30)20-10-4-9-19-21(20)24-31-23-19/h4,9-10,17-18H,1-3,5-8,11-16H2/t17-/m0/s1. The lowest BCUT2D eigenvalue weighted by Crippen LogP contribution is -2.55. The van der Waals surface area contributed by atoms with Crippen molar-refractivity contribution in [2.75, 3.05) is 39.3 Å². The minimum atomic E-state index is -3.72. The van der Waals surface area contributed by atoms with Crippen LogP contribution in [0.2, 0.25) is 0 Å². The zero-order valence-corrected chi connectivity index (χ0v) is 20.0. The van der Waals surface area contributed by atoms with E-state index in [1.165, 1.54) is 36.4 Å². The van der Waals surface area contributed by atoms with Gasteiger partial charge in [-0.1, -0.05) is 25.3 Å². The van der Waals surface area contributed by atoms with E-state index in [9.17, 15) is 13.2 Å². The monoisotopic (exact) mass is 477 g/mol. The topological polar surface area (TPSA) is 86.7 Å². The summed E-state index contributed by atoms with van der Waals surface area (Å²) < 4.78 is 36.6. The number of nitrogens with zero attached hydrogens (tertiary/aromatic N) is 5. The summed E-state index contributed by atoms with van der Waals surface area (Å²) in [6, 6.07) is 5.75. The average Bonchev–Trinajstić information content (AvgIpc) is 3.33. The molecule has 1 aromatic carbocycles. The molecule has 1 aliphatic carbocycles. The first kappa shape index (κ1) is 22.2. The third kappa shape index (κ3) is 4.30. The van der Waals surface area contributed by atoms with Crippen molar-refractivity contribution in [1.82, 2.24) is 22.9 Å². The number of benzene rings is 1. The van der Waals surface area contributed by atoms with Crippen LogP contribution in [0.25, 0.3) is 11.0 Å². The van der Waals surface area contributed by atoms with Crippen molar-refractivity contribution in [1.29, 1.82) is 0 Å². The zero-order chi connectivity index (χ0) is 22.1. The molecule has 0 spiro atoms. The van der Waals surface area contributed by atoms with E-state index in [0.29, 0.717) is 30.0 Å². The van der Waals surface area contributed by atoms with E-state index >= 15 is 0 Å². The summed E-state index contributed by atoms with van der Waals surface area (Å²) in [4.78, 5) is 18.0. The van der Waals surface area contributed by atoms with Gasteiger partial charge in [0, 0.05) is 45.3 Å². The maximum Gasteiger partial charge on any atom is 0.245 e. The third-order valence-corrected chi connectivity index (χ3v) is 9.76. The number of hydrogen-bond donors (Lipinski definition) is 0. The van der Waals surface area contributed by atoms with Gasteiger partial charge in [-0.2, -0.15) is 13.1 Å². The number of piperidine rings is 1. The lowest BCUT2D eigenvalue weighted by Gasteiger charge is -2.42. The lowest BCUT2D eigenvalue weighted by atomic mass is 9.93. The molecular weight excluding hydrogens is 446 g/mol. The zero-order valence-electron chi connectivity index (χ0n) is 18.4. The first-order valence-electron chi connectivity index (χ1n) is 11.8. The fourth-order valence-electron chi connectivity index (χ4n) is 5.50. The Morgan fingerprint density at radius 2 is 1.72 bits per heavy atom. The molecule has 3 heterocycles. The maximum absolute atomic E-state index is 13.4. The smallest absolute Gasteiger partial charge is 0.245 e. The fraction of sp³-hybridized carbons (Fsp3) is 0.682. The second-order valence-electron chi connectivity index (χ2n) is 9.24. The predicted octanol–water partition coefficient (Wildman–Crippen LogP) is 2.57. The van der Waals surface area contributed by atoms with Crippen molar-refractivity contribution in [3.63, 3.8) is 0 Å². The molecule has 0 N–H and O–H groups in total. The van der Waals surface area contributed by atoms with Crippen molar-refractivity contribution in [3.8, 4) is 0 Å². The number of carbonyl (C=O) groups is 1. The average molecular weight is 478 g/mol. The summed E-state index contributed by atoms with van der Waals surface area (Å²) in [5.74, 6) is -0.158. The Morgan fingerprint density at radius 3 is 2.50 bits per heavy atom. The summed E-state index contributed by atoms with van der Waals surface area (Å²) in [5.41, 5.74) is 1.02. The molecule has 0 unspecified atom stereocenters. The highest BCUT2D eigenvalue weighted by molar-refractivity contribution is 7.89. The Hall–Kier alpha value is -1.62. The largest absolute Gasteiger partial charge is 0.340 e. The van der Waals surface area contributed by atoms with Crippen LogP contribution in [0.3, 0.4) is 0 Å². The van der Waals surface area contributed by atoms with Gasteiger partial charge in [-0.05, 0) is 37.8 Å². The number of amides is 1. The van der Waals surface area contributed by atoms with Crippen LogP contribution in [0.1, 0.15) is 44.9 Å². The molecule has 1 atom stereocenters. The molecule has 32 heavy (non-hydrogen) atoms. The van der Waals surface area contributed by atoms with Crippen LogP contribution in [0.5, 0.6) is 0 Å². The molecule has 1 amide bonds. The van der Waals surface area contributed by atoms with Gasteiger partial charge in [0.15, 0.2) is 0 Å². The van der Waals surface area contributed by atoms with E-state index in [0.717, 1.165) is 44.3 Å². The SMILES string of the molecule is O=C([C@H]1CCCN(S(=O)(=O)c2cccc3nsnc23)C1)N1CCN(C2CCCCC2)CC1. The van der Waals surface area contributed by atoms with Gasteiger partial charge in [-0.25, -0.2) is 8.42 Å². The normalized spacial score (nSPS) is 24.8. The molecular formula is C22H31N5O3S2. The van der Waals surface area contributed by atoms with Gasteiger partial charge in [-0.3, -0.25) is 9.69 Å². The maximum atomic E-state index is 13.4. The van der Waals surface area contributed by atoms with Crippen LogP contribution in [-0.2, 0) is 14.8 Å². The molecule has 3 fully saturated rings. The van der Waals surface area contributed by atoms with E-state index in [-0.39, 0.29) is 23.3 Å². The highest BCUT2D eigenvalue weighted by atomic mass is 32.2. The van der Waals surface area contributed by atoms with Crippen molar-refractivity contribution < 1.29 is 13.2 Å². The van der Waals surface area contributed by atoms with Gasteiger partial charge in [-0.15, -0.1) is 0 Å². The molecule has 1 aromatic heterocycles. The quantitative estimate of drug-likeness (QED) is 0.673. The van der Waals surface area contributed by atoms with Gasteiger partial charge in [0.25, 0.3) is 0 Å². The number of sulfonamides is 1. The summed E-state index contributed by atoms with van der Waals surface area (Å²) >= 11 is 1.02. The number of hydrogen-bond acceptors (Lipinski definition) is 7. The van der Waals surface area contributed by atoms with Crippen molar-refractivity contribution in [2.45, 2.75) is 55.9 Å². The van der Waals surface area contributed by atoms with E-state index in [1.807, 2.05) is 4.90 Å². The van der Waals surface area contributed by atoms with Crippen molar-refractivity contribution in [3.05, 3.63) is 18.2 Å². The van der Waals surface area contributed by atoms with Crippen molar-refractivity contribution >= 4 is 38.7 Å². The van der Waals surface area contributed by atoms with Crippen LogP contribution < -0.4 is 0 Å². The number of carbonyl (C=O) groups excluding carboxylic acids is 1. The summed E-state index contributed by atoms with van der Waals surface area (Å²) in [6.45, 7) is 4.06. The molecule has 0 bridgehead atoms. The Bertz CT molecular complexity index is 1060. The second kappa shape index (κ2) is 9.32. The highest BCUT2D eigenvalue weighted by Gasteiger charge is 2.37. The Labute approximate surface area is 193 Å². The molecule has 3 aliphatic rings. The molecule has 2 aromatic rings. The minimum Gasteiger partial charge on any atom is -0.340 e. The van der Waals surface area contributed by atoms with Gasteiger partial charge in [0.1, 0.15) is 15.9 Å². The Morgan fingerprint density at radius 1 is 0.938 bits per heavy atom. The molecule has 0 radical (unpaired) electrons. The second-order valence-corrected chi connectivity index (χ2v) is 11.7. The fourth-order valence-corrected chi connectivity index (χ4v) is 7.78. The van der Waals surface area contributed by atoms with Crippen LogP contribution >= 0.6 is 11.7 Å². The van der Waals surface area contributed by atoms with E-state index < -0.39 is 10.0 Å². The van der Waals surface area contributed by atoms with Crippen LogP contribution in [0.15, 0.2) is 23.1 Å². The third-order valence-electron chi connectivity index (χ3n) is 7.32. The van der Waals surface area contributed by atoms with E-state index in [1.54, 1.807) is 18.2 Å². The predicted molar refractivity (Wildman–Crippen MR) is 124 cm³/mol. The first-order valence-corrected chi connectivity index (χ1v) is 14.0. The lowest BCUT2D eigenvalue weighted by molar-refractivity contribution is -0.138. The summed E-state index contributed by atoms with van der Waals surface area (Å²) in [7, 11) is -3.72. The first-order chi connectivity index (χ1) is 15.5. The van der Waals surface area contributed by atoms with Crippen LogP contribution in [-0.4, -0.2) is 82.5 Å². The molecule has 2 aliphatic heterocycles. The van der Waals surface area contributed by atoms with Crippen LogP contribution in [0.4, 0.5) is 0 Å². The molecule has 8 nitrogen and oxygen atoms in total. The summed E-state index contributed by atoms with van der Waals surface area (Å²) in [5, 5.41) is 0. The molecule has 2 saturated heterocycles. The van der Waals surface area contributed by atoms with E-state index in [2.05, 4.69) is 13.6 Å². The summed E-state index contributed by atoms with van der Waals surface area (Å²) in [6.07, 6.45) is 8.00. The molecule has 10 heteroatoms. The van der Waals surface area contributed by atoms with Gasteiger partial charge in [0.2, 0.25) is 15.9 Å².